The maximum atomic E-state index is 11.2. The highest BCUT2D eigenvalue weighted by Gasteiger charge is 2.30. The van der Waals surface area contributed by atoms with E-state index in [0.29, 0.717) is 18.4 Å². The average Bonchev–Trinajstić information content (AvgIpc) is 2.81. The van der Waals surface area contributed by atoms with Gasteiger partial charge in [-0.15, -0.1) is 0 Å². The second-order valence-electron chi connectivity index (χ2n) is 4.09. The number of aromatic nitrogens is 2. The maximum Gasteiger partial charge on any atom is 0.441 e. The fourth-order valence-electron chi connectivity index (χ4n) is 1.45. The summed E-state index contributed by atoms with van der Waals surface area (Å²) < 4.78 is 6.32. The minimum Gasteiger partial charge on any atom is -0.296 e. The molecule has 0 amide bonds. The van der Waals surface area contributed by atoms with E-state index in [2.05, 4.69) is 23.5 Å². The van der Waals surface area contributed by atoms with E-state index in [-0.39, 0.29) is 5.76 Å². The molecule has 0 atom stereocenters. The highest BCUT2D eigenvalue weighted by molar-refractivity contribution is 5.03. The summed E-state index contributed by atoms with van der Waals surface area (Å²) in [6.07, 6.45) is 2.29. The molecular formula is C9H14N2O2. The number of rotatable bonds is 3. The third-order valence-electron chi connectivity index (χ3n) is 2.20. The van der Waals surface area contributed by atoms with Crippen molar-refractivity contribution in [3.63, 3.8) is 0 Å². The van der Waals surface area contributed by atoms with E-state index in [1.54, 1.807) is 4.57 Å². The van der Waals surface area contributed by atoms with Gasteiger partial charge in [-0.2, -0.15) is 0 Å². The SMILES string of the molecule is CC(C)Cn1c(C2CC2)noc1=O. The molecule has 1 aromatic heterocycles. The average molecular weight is 182 g/mol. The molecule has 1 aromatic rings. The van der Waals surface area contributed by atoms with Gasteiger partial charge in [-0.3, -0.25) is 9.09 Å². The summed E-state index contributed by atoms with van der Waals surface area (Å²) in [5.41, 5.74) is 0. The maximum absolute atomic E-state index is 11.2. The van der Waals surface area contributed by atoms with Crippen molar-refractivity contribution >= 4 is 0 Å². The lowest BCUT2D eigenvalue weighted by atomic mass is 10.2. The first-order chi connectivity index (χ1) is 6.18. The second kappa shape index (κ2) is 3.01. The fraction of sp³-hybridized carbons (Fsp3) is 0.778. The van der Waals surface area contributed by atoms with Crippen LogP contribution >= 0.6 is 0 Å². The van der Waals surface area contributed by atoms with Crippen LogP contribution < -0.4 is 5.76 Å². The lowest BCUT2D eigenvalue weighted by Gasteiger charge is -2.05. The smallest absolute Gasteiger partial charge is 0.296 e. The fourth-order valence-corrected chi connectivity index (χ4v) is 1.45. The molecule has 1 heterocycles. The van der Waals surface area contributed by atoms with E-state index in [0.717, 1.165) is 18.7 Å². The Hall–Kier alpha value is -1.06. The first kappa shape index (κ1) is 8.53. The zero-order chi connectivity index (χ0) is 9.42. The minimum absolute atomic E-state index is 0.310. The Kier molecular flexibility index (Phi) is 1.98. The third-order valence-corrected chi connectivity index (χ3v) is 2.20. The molecule has 0 unspecified atom stereocenters. The first-order valence-electron chi connectivity index (χ1n) is 4.75. The van der Waals surface area contributed by atoms with Crippen LogP contribution in [0.4, 0.5) is 0 Å². The molecule has 4 nitrogen and oxygen atoms in total. The van der Waals surface area contributed by atoms with Crippen molar-refractivity contribution in [2.24, 2.45) is 5.92 Å². The molecule has 0 N–H and O–H groups in total. The van der Waals surface area contributed by atoms with Gasteiger partial charge in [0.05, 0.1) is 0 Å². The highest BCUT2D eigenvalue weighted by Crippen LogP contribution is 2.38. The van der Waals surface area contributed by atoms with Gasteiger partial charge >= 0.3 is 5.76 Å². The molecular weight excluding hydrogens is 168 g/mol. The molecule has 4 heteroatoms. The van der Waals surface area contributed by atoms with Crippen LogP contribution in [0.3, 0.4) is 0 Å². The van der Waals surface area contributed by atoms with Gasteiger partial charge in [0.15, 0.2) is 5.82 Å². The number of hydrogen-bond donors (Lipinski definition) is 0. The van der Waals surface area contributed by atoms with Crippen LogP contribution in [-0.2, 0) is 6.54 Å². The Morgan fingerprint density at radius 1 is 1.62 bits per heavy atom. The molecule has 72 valence electrons. The van der Waals surface area contributed by atoms with Crippen LogP contribution in [0.25, 0.3) is 0 Å². The van der Waals surface area contributed by atoms with E-state index in [1.165, 1.54) is 0 Å². The summed E-state index contributed by atoms with van der Waals surface area (Å²) in [6.45, 7) is 4.88. The molecule has 0 aliphatic heterocycles. The molecule has 1 fully saturated rings. The molecule has 1 aliphatic rings. The Morgan fingerprint density at radius 2 is 2.31 bits per heavy atom. The van der Waals surface area contributed by atoms with Crippen LogP contribution in [0.1, 0.15) is 38.4 Å². The van der Waals surface area contributed by atoms with E-state index < -0.39 is 0 Å². The third kappa shape index (κ3) is 1.66. The van der Waals surface area contributed by atoms with Crippen molar-refractivity contribution < 1.29 is 4.52 Å². The van der Waals surface area contributed by atoms with Gasteiger partial charge in [-0.05, 0) is 18.8 Å². The monoisotopic (exact) mass is 182 g/mol. The molecule has 0 spiro atoms. The summed E-state index contributed by atoms with van der Waals surface area (Å²) in [5, 5.41) is 3.81. The lowest BCUT2D eigenvalue weighted by Crippen LogP contribution is -2.19. The van der Waals surface area contributed by atoms with Crippen molar-refractivity contribution in [3.05, 3.63) is 16.4 Å². The zero-order valence-electron chi connectivity index (χ0n) is 7.99. The molecule has 0 saturated heterocycles. The summed E-state index contributed by atoms with van der Waals surface area (Å²) in [4.78, 5) is 11.2. The topological polar surface area (TPSA) is 48.0 Å². The largest absolute Gasteiger partial charge is 0.441 e. The molecule has 0 aromatic carbocycles. The van der Waals surface area contributed by atoms with Crippen LogP contribution in [0, 0.1) is 5.92 Å². The van der Waals surface area contributed by atoms with Gasteiger partial charge < -0.3 is 0 Å². The first-order valence-corrected chi connectivity index (χ1v) is 4.75. The van der Waals surface area contributed by atoms with Crippen LogP contribution in [0.5, 0.6) is 0 Å². The van der Waals surface area contributed by atoms with Crippen molar-refractivity contribution in [3.8, 4) is 0 Å². The Bertz CT molecular complexity index is 347. The van der Waals surface area contributed by atoms with Gasteiger partial charge in [-0.25, -0.2) is 4.79 Å². The number of nitrogens with zero attached hydrogens (tertiary/aromatic N) is 2. The van der Waals surface area contributed by atoms with E-state index in [9.17, 15) is 4.79 Å². The number of hydrogen-bond acceptors (Lipinski definition) is 3. The lowest BCUT2D eigenvalue weighted by molar-refractivity contribution is 0.367. The van der Waals surface area contributed by atoms with Crippen molar-refractivity contribution in [2.75, 3.05) is 0 Å². The predicted molar refractivity (Wildman–Crippen MR) is 47.6 cm³/mol. The molecule has 1 aliphatic carbocycles. The van der Waals surface area contributed by atoms with Crippen molar-refractivity contribution in [1.82, 2.24) is 9.72 Å². The van der Waals surface area contributed by atoms with Gasteiger partial charge in [-0.1, -0.05) is 19.0 Å². The second-order valence-corrected chi connectivity index (χ2v) is 4.09. The summed E-state index contributed by atoms with van der Waals surface area (Å²) in [5.74, 6) is 1.47. The van der Waals surface area contributed by atoms with Crippen LogP contribution in [-0.4, -0.2) is 9.72 Å². The van der Waals surface area contributed by atoms with Crippen LogP contribution in [0.15, 0.2) is 9.32 Å². The molecule has 13 heavy (non-hydrogen) atoms. The van der Waals surface area contributed by atoms with Gasteiger partial charge in [0.25, 0.3) is 0 Å². The zero-order valence-corrected chi connectivity index (χ0v) is 7.99. The van der Waals surface area contributed by atoms with Gasteiger partial charge in [0.1, 0.15) is 0 Å². The Balaban J connectivity index is 2.29. The van der Waals surface area contributed by atoms with Crippen LogP contribution in [0.2, 0.25) is 0 Å². The summed E-state index contributed by atoms with van der Waals surface area (Å²) in [7, 11) is 0. The van der Waals surface area contributed by atoms with Gasteiger partial charge in [0, 0.05) is 12.5 Å². The van der Waals surface area contributed by atoms with Gasteiger partial charge in [0.2, 0.25) is 0 Å². The molecule has 2 rings (SSSR count). The molecule has 0 radical (unpaired) electrons. The van der Waals surface area contributed by atoms with E-state index in [4.69, 9.17) is 0 Å². The summed E-state index contributed by atoms with van der Waals surface area (Å²) >= 11 is 0. The predicted octanol–water partition coefficient (Wildman–Crippen LogP) is 1.37. The molecule has 1 saturated carbocycles. The van der Waals surface area contributed by atoms with E-state index in [1.807, 2.05) is 0 Å². The Labute approximate surface area is 76.5 Å². The Morgan fingerprint density at radius 3 is 2.85 bits per heavy atom. The normalized spacial score (nSPS) is 16.8. The summed E-state index contributed by atoms with van der Waals surface area (Å²) in [6, 6.07) is 0. The quantitative estimate of drug-likeness (QED) is 0.709. The highest BCUT2D eigenvalue weighted by atomic mass is 16.5. The standard InChI is InChI=1S/C9H14N2O2/c1-6(2)5-11-8(7-3-4-7)10-13-9(11)12/h6-7H,3-5H2,1-2H3. The van der Waals surface area contributed by atoms with Crippen molar-refractivity contribution in [1.29, 1.82) is 0 Å². The minimum atomic E-state index is -0.310. The van der Waals surface area contributed by atoms with Crippen molar-refractivity contribution in [2.45, 2.75) is 39.2 Å². The molecule has 0 bridgehead atoms. The van der Waals surface area contributed by atoms with E-state index >= 15 is 0 Å².